The van der Waals surface area contributed by atoms with Crippen LogP contribution in [-0.2, 0) is 6.18 Å². The van der Waals surface area contributed by atoms with E-state index >= 15 is 0 Å². The van der Waals surface area contributed by atoms with Gasteiger partial charge in [0.15, 0.2) is 0 Å². The molecule has 2 aliphatic heterocycles. The number of halogens is 3. The largest absolute Gasteiger partial charge is 0.416 e. The van der Waals surface area contributed by atoms with Crippen molar-refractivity contribution in [3.8, 4) is 6.07 Å². The Morgan fingerprint density at radius 3 is 2.65 bits per heavy atom. The molecule has 0 aromatic heterocycles. The molecule has 208 valence electrons. The number of alkyl halides is 3. The molecule has 2 aliphatic rings. The molecule has 40 heavy (non-hydrogen) atoms. The summed E-state index contributed by atoms with van der Waals surface area (Å²) in [6.45, 7) is 5.90. The zero-order valence-electron chi connectivity index (χ0n) is 22.6. The highest BCUT2D eigenvalue weighted by Crippen LogP contribution is 2.32. The molecule has 0 spiro atoms. The molecule has 1 fully saturated rings. The van der Waals surface area contributed by atoms with E-state index in [0.29, 0.717) is 35.9 Å². The van der Waals surface area contributed by atoms with Crippen LogP contribution < -0.4 is 15.5 Å². The number of aryl methyl sites for hydroxylation is 1. The summed E-state index contributed by atoms with van der Waals surface area (Å²) in [6.07, 6.45) is -1.64. The van der Waals surface area contributed by atoms with Crippen molar-refractivity contribution < 1.29 is 22.8 Å². The van der Waals surface area contributed by atoms with Gasteiger partial charge in [0.2, 0.25) is 0 Å². The zero-order chi connectivity index (χ0) is 29.2. The van der Waals surface area contributed by atoms with Crippen LogP contribution >= 0.6 is 0 Å². The predicted octanol–water partition coefficient (Wildman–Crippen LogP) is 5.99. The fraction of sp³-hybridized carbons (Fsp3) is 0.310. The molecule has 0 radical (unpaired) electrons. The van der Waals surface area contributed by atoms with Gasteiger partial charge in [-0.05, 0) is 68.7 Å². The Hall–Kier alpha value is -4.59. The van der Waals surface area contributed by atoms with Gasteiger partial charge in [0.25, 0.3) is 5.91 Å². The summed E-state index contributed by atoms with van der Waals surface area (Å²) in [5, 5.41) is 14.9. The van der Waals surface area contributed by atoms with Gasteiger partial charge in [0, 0.05) is 29.9 Å². The lowest BCUT2D eigenvalue weighted by Crippen LogP contribution is -2.52. The van der Waals surface area contributed by atoms with E-state index in [1.165, 1.54) is 17.0 Å². The summed E-state index contributed by atoms with van der Waals surface area (Å²) in [7, 11) is 1.63. The van der Waals surface area contributed by atoms with E-state index in [1.54, 1.807) is 30.1 Å². The molecule has 4 rings (SSSR count). The van der Waals surface area contributed by atoms with Crippen LogP contribution in [0.2, 0.25) is 0 Å². The number of rotatable bonds is 6. The normalized spacial score (nSPS) is 16.4. The van der Waals surface area contributed by atoms with Crippen molar-refractivity contribution in [2.45, 2.75) is 45.8 Å². The van der Waals surface area contributed by atoms with Crippen LogP contribution in [0, 0.1) is 18.3 Å². The Kier molecular flexibility index (Phi) is 8.00. The first-order chi connectivity index (χ1) is 18.9. The van der Waals surface area contributed by atoms with Crippen molar-refractivity contribution in [2.24, 2.45) is 4.99 Å². The van der Waals surface area contributed by atoms with E-state index in [2.05, 4.69) is 16.7 Å². The highest BCUT2D eigenvalue weighted by molar-refractivity contribution is 6.16. The Morgan fingerprint density at radius 2 is 1.95 bits per heavy atom. The minimum absolute atomic E-state index is 0.113. The van der Waals surface area contributed by atoms with Gasteiger partial charge in [-0.15, -0.1) is 0 Å². The van der Waals surface area contributed by atoms with Crippen LogP contribution in [0.3, 0.4) is 0 Å². The van der Waals surface area contributed by atoms with Crippen molar-refractivity contribution in [3.05, 3.63) is 82.2 Å². The summed E-state index contributed by atoms with van der Waals surface area (Å²) in [5.74, 6) is 0.445. The van der Waals surface area contributed by atoms with Crippen LogP contribution in [0.1, 0.15) is 48.2 Å². The number of carbonyl (C=O) groups excluding carboxylic acids is 2. The smallest absolute Gasteiger partial charge is 0.367 e. The van der Waals surface area contributed by atoms with Gasteiger partial charge in [-0.25, -0.2) is 9.79 Å². The summed E-state index contributed by atoms with van der Waals surface area (Å²) in [6, 6.07) is 10.9. The molecule has 3 amide bonds. The standard InChI is InChI=1S/C29H29F3N6O2/c1-17-9-11-23(35-27(39)20-6-5-7-22(14-20)29(30,31)32)15-24(17)38-16-21-10-8-18(2)25(34-19(3)12-13-33)36-26(21)37(4)28(38)40/h5-7,9-11,14-15,19,34H,8,12,16H2,1-4H3,(H,35,39). The third kappa shape index (κ3) is 6.01. The number of urea groups is 1. The first-order valence-corrected chi connectivity index (χ1v) is 12.6. The molecule has 0 saturated carbocycles. The maximum Gasteiger partial charge on any atom is 0.416 e. The topological polar surface area (TPSA) is 101 Å². The average molecular weight is 551 g/mol. The van der Waals surface area contributed by atoms with Gasteiger partial charge in [-0.3, -0.25) is 14.6 Å². The number of hydrogen-bond acceptors (Lipinski definition) is 5. The highest BCUT2D eigenvalue weighted by Gasteiger charge is 2.34. The number of nitrogens with one attached hydrogen (secondary N) is 2. The third-order valence-corrected chi connectivity index (χ3v) is 6.72. The molecule has 2 N–H and O–H groups in total. The van der Waals surface area contributed by atoms with Crippen LogP contribution in [0.4, 0.5) is 29.3 Å². The van der Waals surface area contributed by atoms with Crippen LogP contribution in [0.15, 0.2) is 70.5 Å². The minimum Gasteiger partial charge on any atom is -0.367 e. The van der Waals surface area contributed by atoms with E-state index in [-0.39, 0.29) is 24.2 Å². The molecule has 1 unspecified atom stereocenters. The van der Waals surface area contributed by atoms with Gasteiger partial charge in [0.05, 0.1) is 30.3 Å². The molecule has 8 nitrogen and oxygen atoms in total. The van der Waals surface area contributed by atoms with Crippen molar-refractivity contribution in [3.63, 3.8) is 0 Å². The number of hydrogen-bond donors (Lipinski definition) is 2. The number of nitrogens with zero attached hydrogens (tertiary/aromatic N) is 4. The number of aliphatic imine (C=N–C) groups is 1. The summed E-state index contributed by atoms with van der Waals surface area (Å²) < 4.78 is 39.3. The van der Waals surface area contributed by atoms with E-state index in [1.807, 2.05) is 26.8 Å². The second kappa shape index (κ2) is 11.3. The lowest BCUT2D eigenvalue weighted by Gasteiger charge is -2.36. The molecule has 2 aromatic carbocycles. The number of nitriles is 1. The molecule has 1 atom stereocenters. The monoisotopic (exact) mass is 550 g/mol. The SMILES string of the molecule is CC1=C(NC(C)CC#N)N=C2C(=CC1)CN(c1cc(NC(=O)c3cccc(C(F)(F)F)c3)ccc1C)C(=O)N2C. The van der Waals surface area contributed by atoms with Gasteiger partial charge in [-0.1, -0.05) is 18.2 Å². The molecular weight excluding hydrogens is 521 g/mol. The van der Waals surface area contributed by atoms with Crippen molar-refractivity contribution >= 4 is 29.1 Å². The van der Waals surface area contributed by atoms with Crippen molar-refractivity contribution in [1.29, 1.82) is 5.26 Å². The lowest BCUT2D eigenvalue weighted by molar-refractivity contribution is -0.137. The Labute approximate surface area is 230 Å². The lowest BCUT2D eigenvalue weighted by atomic mass is 10.1. The maximum atomic E-state index is 13.5. The van der Waals surface area contributed by atoms with Crippen molar-refractivity contribution in [2.75, 3.05) is 23.8 Å². The molecule has 11 heteroatoms. The molecule has 0 aliphatic carbocycles. The predicted molar refractivity (Wildman–Crippen MR) is 147 cm³/mol. The zero-order valence-corrected chi connectivity index (χ0v) is 22.6. The van der Waals surface area contributed by atoms with Gasteiger partial charge in [-0.2, -0.15) is 18.4 Å². The fourth-order valence-electron chi connectivity index (χ4n) is 4.46. The fourth-order valence-corrected chi connectivity index (χ4v) is 4.46. The minimum atomic E-state index is -4.57. The number of allylic oxidation sites excluding steroid dienone is 2. The Morgan fingerprint density at radius 1 is 1.20 bits per heavy atom. The average Bonchev–Trinajstić information content (AvgIpc) is 3.06. The molecule has 2 aromatic rings. The molecular formula is C29H29F3N6O2. The number of carbonyl (C=O) groups is 2. The Bertz CT molecular complexity index is 1490. The molecule has 2 heterocycles. The quantitative estimate of drug-likeness (QED) is 0.461. The van der Waals surface area contributed by atoms with Crippen LogP contribution in [-0.4, -0.2) is 42.3 Å². The number of likely N-dealkylation sites (N-methyl/N-ethyl adjacent to an activating group) is 1. The molecule has 0 bridgehead atoms. The Balaban J connectivity index is 1.59. The number of amides is 3. The second-order valence-electron chi connectivity index (χ2n) is 9.87. The number of anilines is 2. The van der Waals surface area contributed by atoms with Crippen LogP contribution in [0.25, 0.3) is 0 Å². The van der Waals surface area contributed by atoms with E-state index in [9.17, 15) is 22.8 Å². The third-order valence-electron chi connectivity index (χ3n) is 6.72. The molecule has 1 saturated heterocycles. The number of benzene rings is 2. The first-order valence-electron chi connectivity index (χ1n) is 12.6. The van der Waals surface area contributed by atoms with Gasteiger partial charge >= 0.3 is 12.2 Å². The second-order valence-corrected chi connectivity index (χ2v) is 9.87. The number of amidine groups is 1. The summed E-state index contributed by atoms with van der Waals surface area (Å²) >= 11 is 0. The van der Waals surface area contributed by atoms with E-state index in [0.717, 1.165) is 28.8 Å². The number of fused-ring (bicyclic) bond motifs is 1. The van der Waals surface area contributed by atoms with Gasteiger partial charge in [0.1, 0.15) is 11.7 Å². The van der Waals surface area contributed by atoms with Crippen LogP contribution in [0.5, 0.6) is 0 Å². The van der Waals surface area contributed by atoms with E-state index in [4.69, 9.17) is 10.3 Å². The summed E-state index contributed by atoms with van der Waals surface area (Å²) in [4.78, 5) is 34.1. The highest BCUT2D eigenvalue weighted by atomic mass is 19.4. The van der Waals surface area contributed by atoms with E-state index < -0.39 is 17.6 Å². The van der Waals surface area contributed by atoms with Gasteiger partial charge < -0.3 is 10.6 Å². The maximum absolute atomic E-state index is 13.5. The van der Waals surface area contributed by atoms with Crippen molar-refractivity contribution in [1.82, 2.24) is 10.2 Å². The first kappa shape index (κ1) is 28.4. The summed E-state index contributed by atoms with van der Waals surface area (Å²) in [5.41, 5.74) is 2.42.